The lowest BCUT2D eigenvalue weighted by Gasteiger charge is -2.32. The molecule has 2 aromatic rings. The van der Waals surface area contributed by atoms with E-state index >= 15 is 0 Å². The van der Waals surface area contributed by atoms with Crippen molar-refractivity contribution < 1.29 is 4.79 Å². The fourth-order valence-corrected chi connectivity index (χ4v) is 3.88. The number of carbonyl (C=O) groups excluding carboxylic acids is 1. The first-order valence-corrected chi connectivity index (χ1v) is 8.98. The number of likely N-dealkylation sites (N-methyl/N-ethyl adjacent to an activating group) is 1. The molecular formula is C22H27N3O. The van der Waals surface area contributed by atoms with E-state index in [-0.39, 0.29) is 5.91 Å². The van der Waals surface area contributed by atoms with Gasteiger partial charge in [0.2, 0.25) is 0 Å². The van der Waals surface area contributed by atoms with Crippen molar-refractivity contribution >= 4 is 11.6 Å². The summed E-state index contributed by atoms with van der Waals surface area (Å²) in [7, 11) is 5.90. The first kappa shape index (κ1) is 18.4. The second kappa shape index (κ2) is 7.44. The van der Waals surface area contributed by atoms with E-state index in [1.807, 2.05) is 61.6 Å². The van der Waals surface area contributed by atoms with Gasteiger partial charge in [-0.25, -0.2) is 10.0 Å². The van der Waals surface area contributed by atoms with Crippen LogP contribution in [0, 0.1) is 0 Å². The first-order chi connectivity index (χ1) is 12.5. The third-order valence-corrected chi connectivity index (χ3v) is 5.13. The third-order valence-electron chi connectivity index (χ3n) is 5.13. The summed E-state index contributed by atoms with van der Waals surface area (Å²) in [5, 5.41) is 3.68. The second-order valence-corrected chi connectivity index (χ2v) is 7.05. The number of nitrogens with zero attached hydrogens (tertiary/aromatic N) is 3. The van der Waals surface area contributed by atoms with Crippen molar-refractivity contribution in [2.24, 2.45) is 0 Å². The zero-order chi connectivity index (χ0) is 18.7. The molecule has 1 atom stereocenters. The first-order valence-electron chi connectivity index (χ1n) is 8.98. The maximum Gasteiger partial charge on any atom is 0.256 e. The standard InChI is InChI=1S/C22H27N3O/c1-5-16-24(4)17-15-22(18-11-7-6-8-12-18)19-13-9-10-14-20(19)25(21(22)26)23(2)3/h5-14H,1,15-17H2,2-4H3/t22-/m0/s1. The molecule has 0 spiro atoms. The van der Waals surface area contributed by atoms with Crippen LogP contribution in [-0.4, -0.2) is 50.0 Å². The molecule has 1 aliphatic heterocycles. The number of anilines is 1. The Morgan fingerprint density at radius 3 is 2.35 bits per heavy atom. The van der Waals surface area contributed by atoms with Crippen molar-refractivity contribution in [1.82, 2.24) is 9.91 Å². The van der Waals surface area contributed by atoms with Gasteiger partial charge in [-0.1, -0.05) is 54.6 Å². The largest absolute Gasteiger partial charge is 0.303 e. The highest BCUT2D eigenvalue weighted by molar-refractivity contribution is 6.09. The molecule has 1 heterocycles. The van der Waals surface area contributed by atoms with Gasteiger partial charge in [0, 0.05) is 20.6 Å². The number of carbonyl (C=O) groups is 1. The monoisotopic (exact) mass is 349 g/mol. The van der Waals surface area contributed by atoms with Crippen LogP contribution in [0.2, 0.25) is 0 Å². The Labute approximate surface area is 156 Å². The Hall–Kier alpha value is -2.43. The zero-order valence-electron chi connectivity index (χ0n) is 15.9. The number of para-hydroxylation sites is 1. The van der Waals surface area contributed by atoms with Gasteiger partial charge >= 0.3 is 0 Å². The minimum Gasteiger partial charge on any atom is -0.303 e. The van der Waals surface area contributed by atoms with Crippen LogP contribution >= 0.6 is 0 Å². The van der Waals surface area contributed by atoms with Gasteiger partial charge in [0.15, 0.2) is 0 Å². The van der Waals surface area contributed by atoms with Crippen LogP contribution in [0.25, 0.3) is 0 Å². The predicted molar refractivity (Wildman–Crippen MR) is 107 cm³/mol. The Morgan fingerprint density at radius 2 is 1.69 bits per heavy atom. The number of hydrogen-bond acceptors (Lipinski definition) is 3. The molecule has 2 aromatic carbocycles. The predicted octanol–water partition coefficient (Wildman–Crippen LogP) is 3.30. The Morgan fingerprint density at radius 1 is 1.04 bits per heavy atom. The average molecular weight is 349 g/mol. The van der Waals surface area contributed by atoms with Gasteiger partial charge < -0.3 is 4.90 Å². The van der Waals surface area contributed by atoms with E-state index in [9.17, 15) is 4.79 Å². The van der Waals surface area contributed by atoms with E-state index < -0.39 is 5.41 Å². The highest BCUT2D eigenvalue weighted by Gasteiger charge is 2.52. The van der Waals surface area contributed by atoms with Crippen LogP contribution in [0.3, 0.4) is 0 Å². The highest BCUT2D eigenvalue weighted by atomic mass is 16.2. The number of fused-ring (bicyclic) bond motifs is 1. The summed E-state index contributed by atoms with van der Waals surface area (Å²) in [6.45, 7) is 5.43. The zero-order valence-corrected chi connectivity index (χ0v) is 15.9. The van der Waals surface area contributed by atoms with Gasteiger partial charge in [-0.3, -0.25) is 4.79 Å². The van der Waals surface area contributed by atoms with Crippen LogP contribution < -0.4 is 5.01 Å². The SMILES string of the molecule is C=CCN(C)CC[C@@]1(c2ccccc2)C(=O)N(N(C)C)c2ccccc21. The molecule has 4 nitrogen and oxygen atoms in total. The topological polar surface area (TPSA) is 26.8 Å². The molecule has 0 radical (unpaired) electrons. The summed E-state index contributed by atoms with van der Waals surface area (Å²) in [5.41, 5.74) is 2.43. The fourth-order valence-electron chi connectivity index (χ4n) is 3.88. The third kappa shape index (κ3) is 2.96. The van der Waals surface area contributed by atoms with Crippen molar-refractivity contribution in [2.75, 3.05) is 39.2 Å². The molecule has 0 fully saturated rings. The Bertz CT molecular complexity index is 787. The van der Waals surface area contributed by atoms with Gasteiger partial charge in [0.25, 0.3) is 5.91 Å². The van der Waals surface area contributed by atoms with Gasteiger partial charge in [-0.15, -0.1) is 6.58 Å². The summed E-state index contributed by atoms with van der Waals surface area (Å²) in [5.74, 6) is 0.113. The highest BCUT2D eigenvalue weighted by Crippen LogP contribution is 2.48. The molecule has 0 bridgehead atoms. The number of amides is 1. The second-order valence-electron chi connectivity index (χ2n) is 7.05. The van der Waals surface area contributed by atoms with Gasteiger partial charge in [-0.2, -0.15) is 0 Å². The summed E-state index contributed by atoms with van der Waals surface area (Å²) in [6.07, 6.45) is 2.62. The fraction of sp³-hybridized carbons (Fsp3) is 0.318. The molecule has 1 aliphatic rings. The van der Waals surface area contributed by atoms with E-state index in [0.29, 0.717) is 0 Å². The average Bonchev–Trinajstić information content (AvgIpc) is 2.90. The van der Waals surface area contributed by atoms with Crippen molar-refractivity contribution in [3.63, 3.8) is 0 Å². The molecule has 4 heteroatoms. The normalized spacial score (nSPS) is 19.3. The van der Waals surface area contributed by atoms with Crippen molar-refractivity contribution in [3.8, 4) is 0 Å². The van der Waals surface area contributed by atoms with Gasteiger partial charge in [-0.05, 0) is 37.2 Å². The smallest absolute Gasteiger partial charge is 0.256 e. The van der Waals surface area contributed by atoms with E-state index in [2.05, 4.69) is 36.7 Å². The summed E-state index contributed by atoms with van der Waals surface area (Å²) < 4.78 is 0. The maximum atomic E-state index is 13.7. The van der Waals surface area contributed by atoms with Crippen LogP contribution in [0.5, 0.6) is 0 Å². The number of rotatable bonds is 7. The van der Waals surface area contributed by atoms with E-state index in [1.165, 1.54) is 0 Å². The molecule has 0 aliphatic carbocycles. The molecule has 0 saturated carbocycles. The molecule has 3 rings (SSSR count). The lowest BCUT2D eigenvalue weighted by molar-refractivity contribution is -0.124. The van der Waals surface area contributed by atoms with E-state index in [4.69, 9.17) is 0 Å². The minimum absolute atomic E-state index is 0.113. The molecular weight excluding hydrogens is 322 g/mol. The summed E-state index contributed by atoms with van der Waals surface area (Å²) in [4.78, 5) is 15.9. The molecule has 1 amide bonds. The van der Waals surface area contributed by atoms with Gasteiger partial charge in [0.1, 0.15) is 5.41 Å². The Kier molecular flexibility index (Phi) is 5.25. The van der Waals surface area contributed by atoms with Crippen LogP contribution in [0.1, 0.15) is 17.5 Å². The number of hydrogen-bond donors (Lipinski definition) is 0. The van der Waals surface area contributed by atoms with Gasteiger partial charge in [0.05, 0.1) is 5.69 Å². The minimum atomic E-state index is -0.669. The van der Waals surface area contributed by atoms with Crippen molar-refractivity contribution in [2.45, 2.75) is 11.8 Å². The maximum absolute atomic E-state index is 13.7. The molecule has 26 heavy (non-hydrogen) atoms. The number of benzene rings is 2. The van der Waals surface area contributed by atoms with Crippen molar-refractivity contribution in [1.29, 1.82) is 0 Å². The van der Waals surface area contributed by atoms with Crippen LogP contribution in [0.15, 0.2) is 67.3 Å². The molecule has 0 N–H and O–H groups in total. The van der Waals surface area contributed by atoms with Crippen LogP contribution in [-0.2, 0) is 10.2 Å². The molecule has 136 valence electrons. The van der Waals surface area contributed by atoms with Crippen LogP contribution in [0.4, 0.5) is 5.69 Å². The van der Waals surface area contributed by atoms with E-state index in [0.717, 1.165) is 36.3 Å². The molecule has 0 unspecified atom stereocenters. The summed E-state index contributed by atoms with van der Waals surface area (Å²) in [6, 6.07) is 18.3. The van der Waals surface area contributed by atoms with Crippen molar-refractivity contribution in [3.05, 3.63) is 78.4 Å². The Balaban J connectivity index is 2.14. The molecule has 0 saturated heterocycles. The lowest BCUT2D eigenvalue weighted by Crippen LogP contribution is -2.48. The number of hydrazine groups is 1. The molecule has 0 aromatic heterocycles. The summed E-state index contributed by atoms with van der Waals surface area (Å²) >= 11 is 0. The van der Waals surface area contributed by atoms with E-state index in [1.54, 1.807) is 5.01 Å². The quantitative estimate of drug-likeness (QED) is 0.718. The lowest BCUT2D eigenvalue weighted by atomic mass is 9.73.